The molecule has 1 aliphatic rings. The normalized spacial score (nSPS) is 14.4. The average Bonchev–Trinajstić information content (AvgIpc) is 2.76. The van der Waals surface area contributed by atoms with Crippen LogP contribution in [-0.4, -0.2) is 43.8 Å². The van der Waals surface area contributed by atoms with E-state index in [0.717, 1.165) is 53.8 Å². The molecule has 0 atom stereocenters. The number of hydrogen-bond donors (Lipinski definition) is 2. The van der Waals surface area contributed by atoms with Gasteiger partial charge in [0, 0.05) is 42.7 Å². The molecular weight excluding hydrogens is 412 g/mol. The average molecular weight is 439 g/mol. The Morgan fingerprint density at radius 1 is 1.16 bits per heavy atom. The maximum Gasteiger partial charge on any atom is 0.252 e. The first-order valence-electron chi connectivity index (χ1n) is 10.4. The van der Waals surface area contributed by atoms with Crippen molar-refractivity contribution >= 4 is 26.8 Å². The van der Waals surface area contributed by atoms with Crippen molar-refractivity contribution in [2.45, 2.75) is 31.2 Å². The summed E-state index contributed by atoms with van der Waals surface area (Å²) in [6.45, 7) is 5.17. The maximum atomic E-state index is 13.2. The number of para-hydroxylation sites is 1. The zero-order valence-corrected chi connectivity index (χ0v) is 18.3. The van der Waals surface area contributed by atoms with E-state index in [2.05, 4.69) is 17.1 Å². The second-order valence-electron chi connectivity index (χ2n) is 7.74. The summed E-state index contributed by atoms with van der Waals surface area (Å²) in [6, 6.07) is 14.2. The molecule has 0 aliphatic carbocycles. The smallest absolute Gasteiger partial charge is 0.252 e. The van der Waals surface area contributed by atoms with E-state index in [-0.39, 0.29) is 10.8 Å². The third-order valence-electron chi connectivity index (χ3n) is 5.75. The van der Waals surface area contributed by atoms with E-state index >= 15 is 0 Å². The SMILES string of the molecule is CCN1CCc2nc3ccccc3c(C(=O)NCCc3ccc(S(N)(=O)=O)cc3)c2C1. The Morgan fingerprint density at radius 3 is 2.61 bits per heavy atom. The number of nitrogens with one attached hydrogen (secondary N) is 1. The highest BCUT2D eigenvalue weighted by Gasteiger charge is 2.25. The predicted molar refractivity (Wildman–Crippen MR) is 120 cm³/mol. The molecular formula is C23H26N4O3S. The molecule has 0 radical (unpaired) electrons. The van der Waals surface area contributed by atoms with Crippen LogP contribution in [0.5, 0.6) is 0 Å². The number of nitrogens with zero attached hydrogens (tertiary/aromatic N) is 2. The third-order valence-corrected chi connectivity index (χ3v) is 6.68. The molecule has 1 aromatic heterocycles. The fourth-order valence-corrected chi connectivity index (χ4v) is 4.55. The number of pyridine rings is 1. The number of carbonyl (C=O) groups is 1. The number of primary sulfonamides is 1. The van der Waals surface area contributed by atoms with E-state index in [1.807, 2.05) is 24.3 Å². The van der Waals surface area contributed by atoms with Crippen LogP contribution in [0.25, 0.3) is 10.9 Å². The van der Waals surface area contributed by atoms with Gasteiger partial charge in [0.15, 0.2) is 0 Å². The van der Waals surface area contributed by atoms with E-state index < -0.39 is 10.0 Å². The lowest BCUT2D eigenvalue weighted by Gasteiger charge is -2.29. The van der Waals surface area contributed by atoms with Gasteiger partial charge in [-0.2, -0.15) is 0 Å². The van der Waals surface area contributed by atoms with E-state index in [4.69, 9.17) is 10.1 Å². The minimum absolute atomic E-state index is 0.0793. The van der Waals surface area contributed by atoms with E-state index in [0.29, 0.717) is 18.5 Å². The van der Waals surface area contributed by atoms with Crippen molar-refractivity contribution in [2.75, 3.05) is 19.6 Å². The maximum absolute atomic E-state index is 13.2. The number of aromatic nitrogens is 1. The number of benzene rings is 2. The first kappa shape index (κ1) is 21.4. The number of sulfonamides is 1. The van der Waals surface area contributed by atoms with Gasteiger partial charge in [-0.05, 0) is 36.7 Å². The zero-order valence-electron chi connectivity index (χ0n) is 17.5. The second kappa shape index (κ2) is 8.74. The molecule has 0 spiro atoms. The summed E-state index contributed by atoms with van der Waals surface area (Å²) in [4.78, 5) is 20.5. The van der Waals surface area contributed by atoms with Crippen LogP contribution in [0.3, 0.4) is 0 Å². The van der Waals surface area contributed by atoms with E-state index in [9.17, 15) is 13.2 Å². The van der Waals surface area contributed by atoms with Crippen molar-refractivity contribution < 1.29 is 13.2 Å². The highest BCUT2D eigenvalue weighted by Crippen LogP contribution is 2.28. The standard InChI is InChI=1S/C23H26N4O3S/c1-2-27-14-12-21-19(15-27)22(18-5-3-4-6-20(18)26-21)23(28)25-13-11-16-7-9-17(10-8-16)31(24,29)30/h3-10H,2,11-15H2,1H3,(H,25,28)(H2,24,29,30). The molecule has 0 saturated heterocycles. The van der Waals surface area contributed by atoms with Crippen LogP contribution in [0.15, 0.2) is 53.4 Å². The molecule has 2 aromatic carbocycles. The summed E-state index contributed by atoms with van der Waals surface area (Å²) < 4.78 is 22.8. The van der Waals surface area contributed by atoms with Crippen LogP contribution in [0.2, 0.25) is 0 Å². The predicted octanol–water partition coefficient (Wildman–Crippen LogP) is 2.23. The second-order valence-corrected chi connectivity index (χ2v) is 9.30. The number of likely N-dealkylation sites (N-methyl/N-ethyl adjacent to an activating group) is 1. The topological polar surface area (TPSA) is 105 Å². The van der Waals surface area contributed by atoms with Crippen LogP contribution in [0, 0.1) is 0 Å². The molecule has 4 rings (SSSR count). The van der Waals surface area contributed by atoms with Gasteiger partial charge >= 0.3 is 0 Å². The lowest BCUT2D eigenvalue weighted by molar-refractivity contribution is 0.0953. The van der Waals surface area contributed by atoms with E-state index in [1.54, 1.807) is 12.1 Å². The van der Waals surface area contributed by atoms with Crippen LogP contribution in [0.1, 0.15) is 34.1 Å². The molecule has 2 heterocycles. The first-order valence-corrected chi connectivity index (χ1v) is 11.9. The van der Waals surface area contributed by atoms with Crippen LogP contribution in [-0.2, 0) is 29.4 Å². The van der Waals surface area contributed by atoms with Crippen LogP contribution < -0.4 is 10.5 Å². The van der Waals surface area contributed by atoms with Crippen LogP contribution >= 0.6 is 0 Å². The Labute approximate surface area is 182 Å². The highest BCUT2D eigenvalue weighted by atomic mass is 32.2. The van der Waals surface area contributed by atoms with Gasteiger partial charge in [0.05, 0.1) is 16.0 Å². The van der Waals surface area contributed by atoms with Gasteiger partial charge in [-0.25, -0.2) is 13.6 Å². The number of nitrogens with two attached hydrogens (primary N) is 1. The van der Waals surface area contributed by atoms with Crippen molar-refractivity contribution in [3.63, 3.8) is 0 Å². The molecule has 0 saturated carbocycles. The summed E-state index contributed by atoms with van der Waals surface area (Å²) in [6.07, 6.45) is 1.42. The van der Waals surface area contributed by atoms with Crippen molar-refractivity contribution in [3.05, 3.63) is 70.9 Å². The minimum atomic E-state index is -3.71. The van der Waals surface area contributed by atoms with Gasteiger partial charge in [0.1, 0.15) is 0 Å². The molecule has 0 unspecified atom stereocenters. The molecule has 31 heavy (non-hydrogen) atoms. The van der Waals surface area contributed by atoms with Gasteiger partial charge < -0.3 is 5.32 Å². The molecule has 1 aliphatic heterocycles. The Morgan fingerprint density at radius 2 is 1.90 bits per heavy atom. The molecule has 1 amide bonds. The van der Waals surface area contributed by atoms with Crippen molar-refractivity contribution in [2.24, 2.45) is 5.14 Å². The Hall–Kier alpha value is -2.81. The van der Waals surface area contributed by atoms with Crippen molar-refractivity contribution in [3.8, 4) is 0 Å². The molecule has 0 fully saturated rings. The summed E-state index contributed by atoms with van der Waals surface area (Å²) in [5, 5.41) is 9.05. The molecule has 3 N–H and O–H groups in total. The minimum Gasteiger partial charge on any atom is -0.352 e. The first-order chi connectivity index (χ1) is 14.9. The lowest BCUT2D eigenvalue weighted by Crippen LogP contribution is -2.34. The Kier molecular flexibility index (Phi) is 6.04. The van der Waals surface area contributed by atoms with E-state index in [1.165, 1.54) is 12.1 Å². The molecule has 7 nitrogen and oxygen atoms in total. The summed E-state index contributed by atoms with van der Waals surface area (Å²) in [5.74, 6) is -0.103. The number of hydrogen-bond acceptors (Lipinski definition) is 5. The summed E-state index contributed by atoms with van der Waals surface area (Å²) in [7, 11) is -3.71. The van der Waals surface area contributed by atoms with Gasteiger partial charge in [-0.1, -0.05) is 37.3 Å². The fourth-order valence-electron chi connectivity index (χ4n) is 4.03. The lowest BCUT2D eigenvalue weighted by atomic mass is 9.95. The van der Waals surface area contributed by atoms with Crippen molar-refractivity contribution in [1.29, 1.82) is 0 Å². The largest absolute Gasteiger partial charge is 0.352 e. The molecule has 162 valence electrons. The van der Waals surface area contributed by atoms with Crippen molar-refractivity contribution in [1.82, 2.24) is 15.2 Å². The zero-order chi connectivity index (χ0) is 22.0. The molecule has 0 bridgehead atoms. The number of fused-ring (bicyclic) bond motifs is 2. The quantitative estimate of drug-likeness (QED) is 0.614. The van der Waals surface area contributed by atoms with Crippen LogP contribution in [0.4, 0.5) is 0 Å². The number of rotatable bonds is 6. The monoisotopic (exact) mass is 438 g/mol. The highest BCUT2D eigenvalue weighted by molar-refractivity contribution is 7.89. The van der Waals surface area contributed by atoms with Gasteiger partial charge in [0.2, 0.25) is 10.0 Å². The molecule has 3 aromatic rings. The summed E-state index contributed by atoms with van der Waals surface area (Å²) >= 11 is 0. The third kappa shape index (κ3) is 4.61. The van der Waals surface area contributed by atoms with Gasteiger partial charge in [-0.3, -0.25) is 14.7 Å². The fraction of sp³-hybridized carbons (Fsp3) is 0.304. The van der Waals surface area contributed by atoms with Gasteiger partial charge in [0.25, 0.3) is 5.91 Å². The number of amides is 1. The molecule has 8 heteroatoms. The number of carbonyl (C=O) groups excluding carboxylic acids is 1. The Bertz CT molecular complexity index is 1220. The van der Waals surface area contributed by atoms with Gasteiger partial charge in [-0.15, -0.1) is 0 Å². The Balaban J connectivity index is 1.55. The summed E-state index contributed by atoms with van der Waals surface area (Å²) in [5.41, 5.74) is 4.50.